The smallest absolute Gasteiger partial charge is 0.243 e. The molecule has 0 fully saturated rings. The topological polar surface area (TPSA) is 78.1 Å². The largest absolute Gasteiger partial charge is 0.455 e. The van der Waals surface area contributed by atoms with Gasteiger partial charge < -0.3 is 18.5 Å². The molecule has 0 N–H and O–H groups in total. The van der Waals surface area contributed by atoms with E-state index in [0.29, 0.717) is 41.4 Å². The molecule has 38 heavy (non-hydrogen) atoms. The number of hydrogen-bond acceptors (Lipinski definition) is 7. The Morgan fingerprint density at radius 1 is 0.737 bits per heavy atom. The summed E-state index contributed by atoms with van der Waals surface area (Å²) in [5.41, 5.74) is 2.34. The van der Waals surface area contributed by atoms with Crippen LogP contribution < -0.4 is 28.2 Å². The summed E-state index contributed by atoms with van der Waals surface area (Å²) in [6.45, 7) is 12.4. The van der Waals surface area contributed by atoms with Gasteiger partial charge in [0.25, 0.3) is 0 Å². The zero-order chi connectivity index (χ0) is 27.2. The molecular weight excluding hydrogens is 543 g/mol. The van der Waals surface area contributed by atoms with Crippen molar-refractivity contribution < 1.29 is 28.2 Å². The van der Waals surface area contributed by atoms with Gasteiger partial charge in [0.2, 0.25) is 22.4 Å². The summed E-state index contributed by atoms with van der Waals surface area (Å²) >= 11 is 0. The first-order valence-corrected chi connectivity index (χ1v) is 16.3. The van der Waals surface area contributed by atoms with Crippen LogP contribution in [0.15, 0.2) is 48.5 Å². The van der Waals surface area contributed by atoms with Crippen LogP contribution in [0, 0.1) is 13.8 Å². The fraction of sp³-hybridized carbons (Fsp3) is 0.538. The van der Waals surface area contributed by atoms with Crippen LogP contribution in [0.3, 0.4) is 0 Å². The molecule has 0 amide bonds. The monoisotopic (exact) mass is 583 g/mol. The minimum absolute atomic E-state index is 0.342. The number of nitrogens with zero attached hydrogens (tertiary/aromatic N) is 3. The normalized spacial score (nSPS) is 12.4. The molecule has 0 radical (unpaired) electrons. The summed E-state index contributed by atoms with van der Waals surface area (Å²) in [6.07, 6.45) is 2.61. The molecule has 210 valence electrons. The van der Waals surface area contributed by atoms with Crippen molar-refractivity contribution in [1.82, 2.24) is 13.0 Å². The minimum Gasteiger partial charge on any atom is -0.455 e. The fourth-order valence-corrected chi connectivity index (χ4v) is 8.40. The quantitative estimate of drug-likeness (QED) is 0.162. The maximum Gasteiger partial charge on any atom is 0.243 e. The van der Waals surface area contributed by atoms with Gasteiger partial charge >= 0.3 is 0 Å². The van der Waals surface area contributed by atoms with E-state index in [2.05, 4.69) is 25.3 Å². The van der Waals surface area contributed by atoms with Crippen molar-refractivity contribution in [2.24, 2.45) is 0 Å². The predicted octanol–water partition coefficient (Wildman–Crippen LogP) is 6.80. The number of aromatic nitrogens is 3. The Kier molecular flexibility index (Phi) is 13.7. The first-order chi connectivity index (χ1) is 18.5. The Balaban J connectivity index is 1.77. The molecule has 2 unspecified atom stereocenters. The van der Waals surface area contributed by atoms with Crippen molar-refractivity contribution in [2.45, 2.75) is 66.6 Å². The zero-order valence-electron chi connectivity index (χ0n) is 23.0. The van der Waals surface area contributed by atoms with E-state index in [-0.39, 0.29) is 0 Å². The van der Waals surface area contributed by atoms with E-state index in [1.165, 1.54) is 11.1 Å². The molecule has 0 saturated heterocycles. The van der Waals surface area contributed by atoms with Crippen molar-refractivity contribution >= 4 is 24.7 Å². The van der Waals surface area contributed by atoms with E-state index < -0.39 is 22.4 Å². The molecule has 0 aliphatic carbocycles. The molecule has 0 spiro atoms. The molecule has 0 bridgehead atoms. The summed E-state index contributed by atoms with van der Waals surface area (Å²) in [5, 5.41) is 0. The Bertz CT molecular complexity index is 1060. The third kappa shape index (κ3) is 10.1. The zero-order valence-corrected chi connectivity index (χ0v) is 25.7. The second kappa shape index (κ2) is 17.0. The Morgan fingerprint density at radius 3 is 1.84 bits per heavy atom. The Labute approximate surface area is 230 Å². The van der Waals surface area contributed by atoms with Gasteiger partial charge in [0.05, 0.1) is 26.4 Å². The molecular formula is C26H40N3O6P3. The van der Waals surface area contributed by atoms with Crippen LogP contribution >= 0.6 is 24.7 Å². The number of rotatable bonds is 17. The summed E-state index contributed by atoms with van der Waals surface area (Å²) in [5.74, 6) is 1.48. The van der Waals surface area contributed by atoms with Crippen LogP contribution in [0.2, 0.25) is 0 Å². The number of benzene rings is 2. The van der Waals surface area contributed by atoms with E-state index in [9.17, 15) is 0 Å². The maximum absolute atomic E-state index is 6.21. The van der Waals surface area contributed by atoms with Crippen LogP contribution in [-0.4, -0.2) is 45.7 Å². The lowest BCUT2D eigenvalue weighted by atomic mass is 10.2. The minimum atomic E-state index is -1.37. The molecule has 0 aliphatic rings. The summed E-state index contributed by atoms with van der Waals surface area (Å²) < 4.78 is 32.8. The molecule has 2 aromatic carbocycles. The maximum atomic E-state index is 6.21. The molecule has 1 aromatic heterocycles. The van der Waals surface area contributed by atoms with Crippen molar-refractivity contribution in [2.75, 3.05) is 26.4 Å². The van der Waals surface area contributed by atoms with Crippen LogP contribution in [0.25, 0.3) is 0 Å². The summed E-state index contributed by atoms with van der Waals surface area (Å²) in [6, 6.07) is 15.9. The summed E-state index contributed by atoms with van der Waals surface area (Å²) in [7, 11) is -2.01. The molecule has 9 nitrogen and oxygen atoms in total. The third-order valence-electron chi connectivity index (χ3n) is 5.00. The van der Waals surface area contributed by atoms with Gasteiger partial charge in [-0.15, -0.1) is 8.51 Å². The van der Waals surface area contributed by atoms with E-state index in [0.717, 1.165) is 30.8 Å². The van der Waals surface area contributed by atoms with Crippen LogP contribution in [0.5, 0.6) is 11.5 Å². The number of hydrogen-bond donors (Lipinski definition) is 0. The number of ether oxygens (including phenoxy) is 2. The Hall–Kier alpha value is -1.82. The SMILES string of the molecule is CCCOn1p(OCCC)npn(OCCC(Oc2ccc(C)cc2)Oc2ccc(C)cc2)p1OCCC. The van der Waals surface area contributed by atoms with Gasteiger partial charge in [-0.25, -0.2) is 0 Å². The van der Waals surface area contributed by atoms with Crippen LogP contribution in [-0.2, 0) is 0 Å². The average molecular weight is 584 g/mol. The lowest BCUT2D eigenvalue weighted by Crippen LogP contribution is -2.28. The second-order valence-electron chi connectivity index (χ2n) is 8.60. The highest BCUT2D eigenvalue weighted by molar-refractivity contribution is 7.55. The molecule has 2 atom stereocenters. The highest BCUT2D eigenvalue weighted by Crippen LogP contribution is 2.36. The van der Waals surface area contributed by atoms with E-state index in [1.807, 2.05) is 62.4 Å². The highest BCUT2D eigenvalue weighted by Gasteiger charge is 2.18. The fourth-order valence-electron chi connectivity index (χ4n) is 3.04. The lowest BCUT2D eigenvalue weighted by Gasteiger charge is -2.22. The average Bonchev–Trinajstić information content (AvgIpc) is 2.92. The summed E-state index contributed by atoms with van der Waals surface area (Å²) in [4.78, 5) is 12.3. The first kappa shape index (κ1) is 30.7. The lowest BCUT2D eigenvalue weighted by molar-refractivity contribution is -0.0199. The van der Waals surface area contributed by atoms with E-state index in [4.69, 9.17) is 28.2 Å². The van der Waals surface area contributed by atoms with Crippen molar-refractivity contribution in [1.29, 1.82) is 0 Å². The van der Waals surface area contributed by atoms with Gasteiger partial charge in [-0.2, -0.15) is 4.51 Å². The molecule has 12 heteroatoms. The van der Waals surface area contributed by atoms with Crippen molar-refractivity contribution in [3.05, 3.63) is 59.7 Å². The molecule has 3 aromatic rings. The van der Waals surface area contributed by atoms with Gasteiger partial charge in [0, 0.05) is 6.42 Å². The molecule has 1 heterocycles. The second-order valence-corrected chi connectivity index (χ2v) is 13.1. The first-order valence-electron chi connectivity index (χ1n) is 13.1. The van der Waals surface area contributed by atoms with Crippen molar-refractivity contribution in [3.63, 3.8) is 0 Å². The van der Waals surface area contributed by atoms with Gasteiger partial charge in [-0.1, -0.05) is 56.2 Å². The van der Waals surface area contributed by atoms with E-state index in [1.54, 1.807) is 8.51 Å². The molecule has 0 aliphatic heterocycles. The molecule has 3 rings (SSSR count). The standard InChI is InChI=1S/C26H40N3O6P3/c1-6-18-31-29-37(32-19-7-2)27-36-28(38(29)33-20-8-3)30-21-17-26(34-24-13-9-22(4)10-14-24)35-25-15-11-23(5)12-16-25/h9-16,26H,6-8,17-21H2,1-5H3. The van der Waals surface area contributed by atoms with E-state index >= 15 is 0 Å². The highest BCUT2D eigenvalue weighted by atomic mass is 31.2. The predicted molar refractivity (Wildman–Crippen MR) is 154 cm³/mol. The Morgan fingerprint density at radius 2 is 1.29 bits per heavy atom. The third-order valence-corrected chi connectivity index (χ3v) is 9.87. The van der Waals surface area contributed by atoms with Gasteiger partial charge in [0.1, 0.15) is 11.5 Å². The van der Waals surface area contributed by atoms with Gasteiger partial charge in [-0.3, -0.25) is 9.68 Å². The molecule has 0 saturated carbocycles. The van der Waals surface area contributed by atoms with Crippen LogP contribution in [0.1, 0.15) is 57.6 Å². The van der Waals surface area contributed by atoms with Gasteiger partial charge in [-0.05, 0) is 57.4 Å². The van der Waals surface area contributed by atoms with Crippen molar-refractivity contribution in [3.8, 4) is 11.5 Å². The van der Waals surface area contributed by atoms with Gasteiger partial charge in [0.15, 0.2) is 8.51 Å². The number of aryl methyl sites for hydroxylation is 2. The van der Waals surface area contributed by atoms with Crippen LogP contribution in [0.4, 0.5) is 0 Å².